The van der Waals surface area contributed by atoms with E-state index in [4.69, 9.17) is 16.7 Å². The molecule has 16 heavy (non-hydrogen) atoms. The second kappa shape index (κ2) is 6.73. The van der Waals surface area contributed by atoms with Crippen LogP contribution in [-0.4, -0.2) is 34.9 Å². The molecule has 0 amide bonds. The number of aromatic nitrogens is 1. The molecule has 0 aromatic carbocycles. The smallest absolute Gasteiger partial charge is 0.320 e. The van der Waals surface area contributed by atoms with Crippen LogP contribution in [0.1, 0.15) is 6.42 Å². The minimum absolute atomic E-state index is 0.500. The molecule has 1 heterocycles. The van der Waals surface area contributed by atoms with Gasteiger partial charge >= 0.3 is 5.97 Å². The summed E-state index contributed by atoms with van der Waals surface area (Å²) in [4.78, 5) is 14.8. The SMILES string of the molecule is CNC(CCSc1ccc(Cl)cn1)C(=O)O. The maximum Gasteiger partial charge on any atom is 0.320 e. The Hall–Kier alpha value is -0.780. The number of carbonyl (C=O) groups is 1. The van der Waals surface area contributed by atoms with Crippen LogP contribution in [0.4, 0.5) is 0 Å². The first-order chi connectivity index (χ1) is 7.63. The van der Waals surface area contributed by atoms with Crippen molar-refractivity contribution in [3.63, 3.8) is 0 Å². The number of nitrogens with zero attached hydrogens (tertiary/aromatic N) is 1. The van der Waals surface area contributed by atoms with Crippen LogP contribution in [0.5, 0.6) is 0 Å². The maximum atomic E-state index is 10.7. The van der Waals surface area contributed by atoms with E-state index in [1.54, 1.807) is 19.3 Å². The Kier molecular flexibility index (Phi) is 5.59. The number of likely N-dealkylation sites (N-methyl/N-ethyl adjacent to an activating group) is 1. The molecule has 0 aliphatic heterocycles. The first-order valence-corrected chi connectivity index (χ1v) is 6.14. The molecule has 0 fully saturated rings. The molecule has 1 aromatic rings. The van der Waals surface area contributed by atoms with Gasteiger partial charge in [0.15, 0.2) is 0 Å². The molecule has 0 aliphatic carbocycles. The molecule has 88 valence electrons. The van der Waals surface area contributed by atoms with E-state index in [9.17, 15) is 4.79 Å². The Balaban J connectivity index is 2.35. The Bertz CT molecular complexity index is 345. The van der Waals surface area contributed by atoms with Gasteiger partial charge in [0, 0.05) is 11.9 Å². The number of carboxylic acid groups (broad SMARTS) is 1. The predicted molar refractivity (Wildman–Crippen MR) is 65.1 cm³/mol. The second-order valence-corrected chi connectivity index (χ2v) is 4.68. The summed E-state index contributed by atoms with van der Waals surface area (Å²) < 4.78 is 0. The van der Waals surface area contributed by atoms with Crippen LogP contribution >= 0.6 is 23.4 Å². The summed E-state index contributed by atoms with van der Waals surface area (Å²) in [6.45, 7) is 0. The van der Waals surface area contributed by atoms with Crippen LogP contribution in [-0.2, 0) is 4.79 Å². The summed E-state index contributed by atoms with van der Waals surface area (Å²) in [5, 5.41) is 13.0. The van der Waals surface area contributed by atoms with Crippen molar-refractivity contribution in [3.8, 4) is 0 Å². The Morgan fingerprint density at radius 3 is 2.94 bits per heavy atom. The van der Waals surface area contributed by atoms with Crippen LogP contribution in [0.2, 0.25) is 5.02 Å². The van der Waals surface area contributed by atoms with Crippen molar-refractivity contribution in [1.29, 1.82) is 0 Å². The predicted octanol–water partition coefficient (Wildman–Crippen LogP) is 1.89. The highest BCUT2D eigenvalue weighted by atomic mass is 35.5. The first-order valence-electron chi connectivity index (χ1n) is 4.78. The fourth-order valence-corrected chi connectivity index (χ4v) is 2.09. The first kappa shape index (κ1) is 13.3. The van der Waals surface area contributed by atoms with Gasteiger partial charge in [-0.2, -0.15) is 0 Å². The molecule has 0 aliphatic rings. The number of carboxylic acids is 1. The minimum Gasteiger partial charge on any atom is -0.480 e. The van der Waals surface area contributed by atoms with Crippen molar-refractivity contribution >= 4 is 29.3 Å². The van der Waals surface area contributed by atoms with Crippen LogP contribution in [0.25, 0.3) is 0 Å². The highest BCUT2D eigenvalue weighted by molar-refractivity contribution is 7.99. The average molecular weight is 261 g/mol. The summed E-state index contributed by atoms with van der Waals surface area (Å²) in [5.41, 5.74) is 0. The molecular weight excluding hydrogens is 248 g/mol. The zero-order chi connectivity index (χ0) is 12.0. The topological polar surface area (TPSA) is 62.2 Å². The van der Waals surface area contributed by atoms with Crippen molar-refractivity contribution in [2.45, 2.75) is 17.5 Å². The number of aliphatic carboxylic acids is 1. The number of hydrogen-bond donors (Lipinski definition) is 2. The Morgan fingerprint density at radius 2 is 2.44 bits per heavy atom. The van der Waals surface area contributed by atoms with Crippen molar-refractivity contribution in [1.82, 2.24) is 10.3 Å². The van der Waals surface area contributed by atoms with Gasteiger partial charge in [0.05, 0.1) is 10.0 Å². The molecule has 1 aromatic heterocycles. The third kappa shape index (κ3) is 4.38. The minimum atomic E-state index is -0.827. The number of thioether (sulfide) groups is 1. The molecule has 0 saturated heterocycles. The van der Waals surface area contributed by atoms with Gasteiger partial charge in [0.1, 0.15) is 6.04 Å². The molecular formula is C10H13ClN2O2S. The summed E-state index contributed by atoms with van der Waals surface area (Å²) in [5.74, 6) is -0.126. The zero-order valence-corrected chi connectivity index (χ0v) is 10.4. The fourth-order valence-electron chi connectivity index (χ4n) is 1.12. The molecule has 6 heteroatoms. The molecule has 0 radical (unpaired) electrons. The summed E-state index contributed by atoms with van der Waals surface area (Å²) >= 11 is 7.22. The van der Waals surface area contributed by atoms with Crippen LogP contribution in [0.15, 0.2) is 23.4 Å². The standard InChI is InChI=1S/C10H13ClN2O2S/c1-12-8(10(14)15)4-5-16-9-3-2-7(11)6-13-9/h2-3,6,8,12H,4-5H2,1H3,(H,14,15). The Labute approximate surface area is 103 Å². The summed E-state index contributed by atoms with van der Waals surface area (Å²) in [6.07, 6.45) is 2.14. The van der Waals surface area contributed by atoms with Gasteiger partial charge < -0.3 is 10.4 Å². The van der Waals surface area contributed by atoms with Crippen molar-refractivity contribution < 1.29 is 9.90 Å². The molecule has 2 N–H and O–H groups in total. The van der Waals surface area contributed by atoms with E-state index in [0.717, 1.165) is 5.03 Å². The van der Waals surface area contributed by atoms with Crippen molar-refractivity contribution in [3.05, 3.63) is 23.4 Å². The lowest BCUT2D eigenvalue weighted by molar-refractivity contribution is -0.139. The molecule has 0 spiro atoms. The van der Waals surface area contributed by atoms with Gasteiger partial charge in [-0.15, -0.1) is 11.8 Å². The zero-order valence-electron chi connectivity index (χ0n) is 8.81. The van der Waals surface area contributed by atoms with E-state index < -0.39 is 12.0 Å². The average Bonchev–Trinajstić information content (AvgIpc) is 2.26. The van der Waals surface area contributed by atoms with E-state index in [1.807, 2.05) is 6.07 Å². The fraction of sp³-hybridized carbons (Fsp3) is 0.400. The summed E-state index contributed by atoms with van der Waals surface area (Å²) in [7, 11) is 1.64. The molecule has 1 atom stereocenters. The van der Waals surface area contributed by atoms with E-state index in [1.165, 1.54) is 11.8 Å². The van der Waals surface area contributed by atoms with Gasteiger partial charge in [0.25, 0.3) is 0 Å². The van der Waals surface area contributed by atoms with E-state index in [2.05, 4.69) is 10.3 Å². The van der Waals surface area contributed by atoms with E-state index >= 15 is 0 Å². The lowest BCUT2D eigenvalue weighted by Crippen LogP contribution is -2.34. The Morgan fingerprint density at radius 1 is 1.69 bits per heavy atom. The molecule has 1 rings (SSSR count). The quantitative estimate of drug-likeness (QED) is 0.765. The maximum absolute atomic E-state index is 10.7. The monoisotopic (exact) mass is 260 g/mol. The number of pyridine rings is 1. The molecule has 1 unspecified atom stereocenters. The summed E-state index contributed by atoms with van der Waals surface area (Å²) in [6, 6.07) is 3.09. The largest absolute Gasteiger partial charge is 0.480 e. The van der Waals surface area contributed by atoms with Gasteiger partial charge in [-0.1, -0.05) is 11.6 Å². The van der Waals surface area contributed by atoms with Gasteiger partial charge in [0.2, 0.25) is 0 Å². The van der Waals surface area contributed by atoms with Gasteiger partial charge in [-0.05, 0) is 25.6 Å². The number of nitrogens with one attached hydrogen (secondary N) is 1. The van der Waals surface area contributed by atoms with Gasteiger partial charge in [-0.3, -0.25) is 4.79 Å². The molecule has 0 saturated carbocycles. The van der Waals surface area contributed by atoms with E-state index in [-0.39, 0.29) is 0 Å². The third-order valence-electron chi connectivity index (χ3n) is 2.00. The number of hydrogen-bond acceptors (Lipinski definition) is 4. The van der Waals surface area contributed by atoms with Crippen LogP contribution in [0, 0.1) is 0 Å². The number of halogens is 1. The highest BCUT2D eigenvalue weighted by Gasteiger charge is 2.13. The van der Waals surface area contributed by atoms with E-state index in [0.29, 0.717) is 17.2 Å². The highest BCUT2D eigenvalue weighted by Crippen LogP contribution is 2.18. The second-order valence-electron chi connectivity index (χ2n) is 3.13. The lowest BCUT2D eigenvalue weighted by atomic mass is 10.2. The lowest BCUT2D eigenvalue weighted by Gasteiger charge is -2.09. The third-order valence-corrected chi connectivity index (χ3v) is 3.20. The number of rotatable bonds is 6. The normalized spacial score (nSPS) is 12.4. The van der Waals surface area contributed by atoms with Crippen LogP contribution < -0.4 is 5.32 Å². The molecule has 0 bridgehead atoms. The van der Waals surface area contributed by atoms with Crippen LogP contribution in [0.3, 0.4) is 0 Å². The van der Waals surface area contributed by atoms with Crippen molar-refractivity contribution in [2.24, 2.45) is 0 Å². The molecule has 4 nitrogen and oxygen atoms in total. The van der Waals surface area contributed by atoms with Gasteiger partial charge in [-0.25, -0.2) is 4.98 Å². The van der Waals surface area contributed by atoms with Crippen molar-refractivity contribution in [2.75, 3.05) is 12.8 Å².